The summed E-state index contributed by atoms with van der Waals surface area (Å²) in [4.78, 5) is 24.4. The Hall–Kier alpha value is -2.02. The van der Waals surface area contributed by atoms with Crippen molar-refractivity contribution in [1.82, 2.24) is 10.2 Å². The van der Waals surface area contributed by atoms with Gasteiger partial charge < -0.3 is 24.5 Å². The minimum Gasteiger partial charge on any atom is -0.475 e. The van der Waals surface area contributed by atoms with Gasteiger partial charge >= 0.3 is 12.0 Å². The molecule has 0 spiro atoms. The highest BCUT2D eigenvalue weighted by atomic mass is 16.5. The second kappa shape index (κ2) is 5.96. The Labute approximate surface area is 116 Å². The molecule has 0 saturated carbocycles. The van der Waals surface area contributed by atoms with Gasteiger partial charge in [0.25, 0.3) is 0 Å². The summed E-state index contributed by atoms with van der Waals surface area (Å²) in [5.74, 6) is -0.856. The van der Waals surface area contributed by atoms with Crippen molar-refractivity contribution < 1.29 is 23.8 Å². The third kappa shape index (κ3) is 3.30. The smallest absolute Gasteiger partial charge is 0.371 e. The second-order valence-electron chi connectivity index (χ2n) is 4.88. The molecule has 0 bridgehead atoms. The molecule has 1 saturated heterocycles. The molecule has 2 N–H and O–H groups in total. The van der Waals surface area contributed by atoms with E-state index in [0.29, 0.717) is 18.9 Å². The van der Waals surface area contributed by atoms with E-state index in [-0.39, 0.29) is 30.5 Å². The van der Waals surface area contributed by atoms with E-state index in [0.717, 1.165) is 0 Å². The topological polar surface area (TPSA) is 92.0 Å². The number of aromatic carboxylic acids is 1. The van der Waals surface area contributed by atoms with Crippen LogP contribution >= 0.6 is 0 Å². The molecule has 2 rings (SSSR count). The van der Waals surface area contributed by atoms with Crippen molar-refractivity contribution in [1.29, 1.82) is 0 Å². The largest absolute Gasteiger partial charge is 0.475 e. The molecule has 1 fully saturated rings. The number of furan rings is 1. The van der Waals surface area contributed by atoms with Crippen LogP contribution in [0.2, 0.25) is 0 Å². The number of carbonyl (C=O) groups is 2. The number of amides is 2. The zero-order valence-electron chi connectivity index (χ0n) is 11.5. The molecule has 7 nitrogen and oxygen atoms in total. The zero-order chi connectivity index (χ0) is 14.7. The van der Waals surface area contributed by atoms with Crippen molar-refractivity contribution in [2.45, 2.75) is 32.5 Å². The van der Waals surface area contributed by atoms with Gasteiger partial charge in [-0.1, -0.05) is 0 Å². The highest BCUT2D eigenvalue weighted by molar-refractivity contribution is 5.84. The molecule has 0 radical (unpaired) electrons. The number of carboxylic acid groups (broad SMARTS) is 1. The van der Waals surface area contributed by atoms with Crippen LogP contribution in [0, 0.1) is 0 Å². The number of morpholine rings is 1. The lowest BCUT2D eigenvalue weighted by Crippen LogP contribution is -2.53. The van der Waals surface area contributed by atoms with E-state index in [1.165, 1.54) is 12.1 Å². The molecule has 2 heterocycles. The number of nitrogens with one attached hydrogen (secondary N) is 1. The van der Waals surface area contributed by atoms with Gasteiger partial charge in [-0.2, -0.15) is 0 Å². The van der Waals surface area contributed by atoms with Gasteiger partial charge in [0.05, 0.1) is 25.3 Å². The fraction of sp³-hybridized carbons (Fsp3) is 0.538. The van der Waals surface area contributed by atoms with Gasteiger partial charge in [-0.25, -0.2) is 9.59 Å². The molecule has 1 aromatic rings. The molecule has 110 valence electrons. The van der Waals surface area contributed by atoms with Gasteiger partial charge in [-0.15, -0.1) is 0 Å². The lowest BCUT2D eigenvalue weighted by Gasteiger charge is -2.36. The number of carbonyl (C=O) groups excluding carboxylic acids is 1. The number of rotatable bonds is 3. The summed E-state index contributed by atoms with van der Waals surface area (Å²) in [6.45, 7) is 5.04. The molecule has 2 amide bonds. The minimum atomic E-state index is -1.13. The van der Waals surface area contributed by atoms with Crippen LogP contribution < -0.4 is 5.32 Å². The summed E-state index contributed by atoms with van der Waals surface area (Å²) in [6.07, 6.45) is 0.0131. The molecule has 0 aromatic carbocycles. The SMILES string of the molecule is CC1CN(C(=O)NCc2ccc(C(=O)O)o2)C(C)CO1. The summed E-state index contributed by atoms with van der Waals surface area (Å²) in [6, 6.07) is 2.71. The van der Waals surface area contributed by atoms with Crippen LogP contribution in [-0.4, -0.2) is 47.3 Å². The van der Waals surface area contributed by atoms with E-state index in [4.69, 9.17) is 14.3 Å². The van der Waals surface area contributed by atoms with Crippen LogP contribution in [0.4, 0.5) is 4.79 Å². The van der Waals surface area contributed by atoms with Crippen molar-refractivity contribution in [2.24, 2.45) is 0 Å². The van der Waals surface area contributed by atoms with Gasteiger partial charge in [0.15, 0.2) is 0 Å². The Bertz CT molecular complexity index is 499. The maximum atomic E-state index is 12.1. The van der Waals surface area contributed by atoms with E-state index < -0.39 is 5.97 Å². The average Bonchev–Trinajstić information content (AvgIpc) is 2.88. The quantitative estimate of drug-likeness (QED) is 0.871. The van der Waals surface area contributed by atoms with E-state index in [1.807, 2.05) is 13.8 Å². The minimum absolute atomic E-state index is 0.0115. The van der Waals surface area contributed by atoms with E-state index in [1.54, 1.807) is 4.90 Å². The van der Waals surface area contributed by atoms with E-state index in [2.05, 4.69) is 5.32 Å². The fourth-order valence-corrected chi connectivity index (χ4v) is 2.04. The van der Waals surface area contributed by atoms with Crippen LogP contribution in [0.15, 0.2) is 16.5 Å². The van der Waals surface area contributed by atoms with Crippen molar-refractivity contribution in [2.75, 3.05) is 13.2 Å². The van der Waals surface area contributed by atoms with E-state index in [9.17, 15) is 9.59 Å². The predicted molar refractivity (Wildman–Crippen MR) is 69.5 cm³/mol. The Morgan fingerprint density at radius 2 is 2.20 bits per heavy atom. The summed E-state index contributed by atoms with van der Waals surface area (Å²) in [5, 5.41) is 11.5. The molecule has 7 heteroatoms. The lowest BCUT2D eigenvalue weighted by atomic mass is 10.2. The normalized spacial score (nSPS) is 22.6. The van der Waals surface area contributed by atoms with Gasteiger partial charge in [0, 0.05) is 6.54 Å². The van der Waals surface area contributed by atoms with Gasteiger partial charge in [-0.05, 0) is 26.0 Å². The predicted octanol–water partition coefficient (Wildman–Crippen LogP) is 1.30. The number of hydrogen-bond acceptors (Lipinski definition) is 4. The maximum absolute atomic E-state index is 12.1. The van der Waals surface area contributed by atoms with E-state index >= 15 is 0 Å². The van der Waals surface area contributed by atoms with Crippen molar-refractivity contribution >= 4 is 12.0 Å². The van der Waals surface area contributed by atoms with Crippen molar-refractivity contribution in [3.05, 3.63) is 23.7 Å². The summed E-state index contributed by atoms with van der Waals surface area (Å²) >= 11 is 0. The first-order valence-corrected chi connectivity index (χ1v) is 6.45. The standard InChI is InChI=1S/C13H18N2O5/c1-8-7-19-9(2)6-15(8)13(18)14-5-10-3-4-11(20-10)12(16)17/h3-4,8-9H,5-7H2,1-2H3,(H,14,18)(H,16,17). The van der Waals surface area contributed by atoms with Crippen molar-refractivity contribution in [3.63, 3.8) is 0 Å². The summed E-state index contributed by atoms with van der Waals surface area (Å²) in [5.41, 5.74) is 0. The molecule has 2 unspecified atom stereocenters. The van der Waals surface area contributed by atoms with Gasteiger partial charge in [0.2, 0.25) is 5.76 Å². The first kappa shape index (κ1) is 14.4. The molecular weight excluding hydrogens is 264 g/mol. The molecule has 1 aliphatic heterocycles. The van der Waals surface area contributed by atoms with Crippen LogP contribution in [0.3, 0.4) is 0 Å². The molecule has 2 atom stereocenters. The summed E-state index contributed by atoms with van der Waals surface area (Å²) < 4.78 is 10.5. The number of nitrogens with zero attached hydrogens (tertiary/aromatic N) is 1. The Balaban J connectivity index is 1.89. The third-order valence-electron chi connectivity index (χ3n) is 3.15. The molecular formula is C13H18N2O5. The zero-order valence-corrected chi connectivity index (χ0v) is 11.5. The summed E-state index contributed by atoms with van der Waals surface area (Å²) in [7, 11) is 0. The van der Waals surface area contributed by atoms with Crippen LogP contribution in [0.25, 0.3) is 0 Å². The molecule has 20 heavy (non-hydrogen) atoms. The van der Waals surface area contributed by atoms with Crippen LogP contribution in [0.5, 0.6) is 0 Å². The number of carboxylic acids is 1. The molecule has 1 aromatic heterocycles. The first-order chi connectivity index (χ1) is 9.47. The number of hydrogen-bond donors (Lipinski definition) is 2. The monoisotopic (exact) mass is 282 g/mol. The van der Waals surface area contributed by atoms with Crippen LogP contribution in [-0.2, 0) is 11.3 Å². The van der Waals surface area contributed by atoms with Gasteiger partial charge in [0.1, 0.15) is 5.76 Å². The number of ether oxygens (including phenoxy) is 1. The lowest BCUT2D eigenvalue weighted by molar-refractivity contribution is -0.0318. The first-order valence-electron chi connectivity index (χ1n) is 6.45. The van der Waals surface area contributed by atoms with Gasteiger partial charge in [-0.3, -0.25) is 0 Å². The number of urea groups is 1. The Kier molecular flexibility index (Phi) is 4.29. The molecule has 1 aliphatic rings. The third-order valence-corrected chi connectivity index (χ3v) is 3.15. The molecule has 0 aliphatic carbocycles. The second-order valence-corrected chi connectivity index (χ2v) is 4.88. The highest BCUT2D eigenvalue weighted by Crippen LogP contribution is 2.12. The fourth-order valence-electron chi connectivity index (χ4n) is 2.04. The maximum Gasteiger partial charge on any atom is 0.371 e. The average molecular weight is 282 g/mol. The Morgan fingerprint density at radius 3 is 2.85 bits per heavy atom. The van der Waals surface area contributed by atoms with Crippen molar-refractivity contribution in [3.8, 4) is 0 Å². The van der Waals surface area contributed by atoms with Crippen LogP contribution in [0.1, 0.15) is 30.2 Å². The highest BCUT2D eigenvalue weighted by Gasteiger charge is 2.27. The Morgan fingerprint density at radius 1 is 1.45 bits per heavy atom.